The van der Waals surface area contributed by atoms with Gasteiger partial charge in [-0.3, -0.25) is 9.59 Å². The molecule has 0 saturated heterocycles. The third-order valence-electron chi connectivity index (χ3n) is 2.46. The van der Waals surface area contributed by atoms with Gasteiger partial charge in [-0.15, -0.1) is 0 Å². The van der Waals surface area contributed by atoms with Crippen LogP contribution < -0.4 is 10.6 Å². The smallest absolute Gasteiger partial charge is 0.323 e. The molecule has 0 fully saturated rings. The number of aliphatic carboxylic acids is 1. The van der Waals surface area contributed by atoms with Crippen LogP contribution in [-0.2, 0) is 4.79 Å². The zero-order valence-corrected chi connectivity index (χ0v) is 11.4. The number of carboxylic acids is 1. The van der Waals surface area contributed by atoms with Crippen LogP contribution in [0.15, 0.2) is 12.1 Å². The number of rotatable bonds is 6. The number of hydrogen-bond donors (Lipinski definition) is 2. The molecule has 0 bridgehead atoms. The van der Waals surface area contributed by atoms with Gasteiger partial charge in [0.25, 0.3) is 0 Å². The number of nitrogens with two attached hydrogens (primary N) is 1. The molecule has 104 valence electrons. The van der Waals surface area contributed by atoms with Gasteiger partial charge in [-0.25, -0.2) is 4.98 Å². The summed E-state index contributed by atoms with van der Waals surface area (Å²) in [5, 5.41) is 8.94. The fourth-order valence-electron chi connectivity index (χ4n) is 1.80. The van der Waals surface area contributed by atoms with Gasteiger partial charge >= 0.3 is 5.97 Å². The van der Waals surface area contributed by atoms with Crippen molar-refractivity contribution in [2.75, 3.05) is 18.0 Å². The minimum absolute atomic E-state index is 0.160. The van der Waals surface area contributed by atoms with Crippen LogP contribution in [0.2, 0.25) is 0 Å². The van der Waals surface area contributed by atoms with E-state index >= 15 is 0 Å². The van der Waals surface area contributed by atoms with Crippen LogP contribution >= 0.6 is 0 Å². The van der Waals surface area contributed by atoms with Crippen LogP contribution in [0.25, 0.3) is 0 Å². The van der Waals surface area contributed by atoms with E-state index in [-0.39, 0.29) is 12.5 Å². The van der Waals surface area contributed by atoms with Gasteiger partial charge in [0.2, 0.25) is 5.91 Å². The number of aryl methyl sites for hydroxylation is 1. The van der Waals surface area contributed by atoms with Crippen LogP contribution in [0, 0.1) is 12.8 Å². The van der Waals surface area contributed by atoms with Crippen LogP contribution in [-0.4, -0.2) is 35.1 Å². The van der Waals surface area contributed by atoms with Gasteiger partial charge in [0, 0.05) is 17.8 Å². The molecule has 3 N–H and O–H groups in total. The van der Waals surface area contributed by atoms with E-state index < -0.39 is 11.9 Å². The zero-order valence-electron chi connectivity index (χ0n) is 11.4. The Balaban J connectivity index is 3.13. The standard InChI is InChI=1S/C13H19N3O3/c1-8(2)6-16(7-12(17)18)11-5-10(13(14)19)4-9(3)15-11/h4-5,8H,6-7H2,1-3H3,(H2,14,19)(H,17,18). The molecular formula is C13H19N3O3. The van der Waals surface area contributed by atoms with Crippen molar-refractivity contribution in [3.05, 3.63) is 23.4 Å². The summed E-state index contributed by atoms with van der Waals surface area (Å²) in [5.74, 6) is -0.750. The van der Waals surface area contributed by atoms with E-state index in [2.05, 4.69) is 4.98 Å². The van der Waals surface area contributed by atoms with Crippen molar-refractivity contribution in [1.29, 1.82) is 0 Å². The monoisotopic (exact) mass is 265 g/mol. The van der Waals surface area contributed by atoms with Crippen molar-refractivity contribution >= 4 is 17.7 Å². The van der Waals surface area contributed by atoms with Crippen molar-refractivity contribution in [1.82, 2.24) is 4.98 Å². The summed E-state index contributed by atoms with van der Waals surface area (Å²) in [6, 6.07) is 3.11. The highest BCUT2D eigenvalue weighted by Gasteiger charge is 2.15. The molecule has 19 heavy (non-hydrogen) atoms. The van der Waals surface area contributed by atoms with E-state index in [9.17, 15) is 9.59 Å². The first-order chi connectivity index (χ1) is 8.79. The number of nitrogens with zero attached hydrogens (tertiary/aromatic N) is 2. The lowest BCUT2D eigenvalue weighted by molar-refractivity contribution is -0.135. The van der Waals surface area contributed by atoms with Crippen LogP contribution in [0.1, 0.15) is 29.9 Å². The summed E-state index contributed by atoms with van der Waals surface area (Å²) in [4.78, 5) is 28.0. The lowest BCUT2D eigenvalue weighted by Crippen LogP contribution is -2.34. The molecule has 1 heterocycles. The number of anilines is 1. The summed E-state index contributed by atoms with van der Waals surface area (Å²) in [6.45, 7) is 6.09. The summed E-state index contributed by atoms with van der Waals surface area (Å²) < 4.78 is 0. The molecule has 6 heteroatoms. The average Bonchev–Trinajstić information content (AvgIpc) is 2.25. The van der Waals surface area contributed by atoms with Crippen LogP contribution in [0.4, 0.5) is 5.82 Å². The first-order valence-corrected chi connectivity index (χ1v) is 6.05. The maximum atomic E-state index is 11.2. The highest BCUT2D eigenvalue weighted by Crippen LogP contribution is 2.16. The normalized spacial score (nSPS) is 10.5. The van der Waals surface area contributed by atoms with Crippen molar-refractivity contribution in [3.63, 3.8) is 0 Å². The van der Waals surface area contributed by atoms with Gasteiger partial charge in [-0.2, -0.15) is 0 Å². The van der Waals surface area contributed by atoms with E-state index in [1.807, 2.05) is 13.8 Å². The summed E-state index contributed by atoms with van der Waals surface area (Å²) in [6.07, 6.45) is 0. The second-order valence-electron chi connectivity index (χ2n) is 4.89. The number of aromatic nitrogens is 1. The summed E-state index contributed by atoms with van der Waals surface area (Å²) >= 11 is 0. The Bertz CT molecular complexity index is 486. The Morgan fingerprint density at radius 3 is 2.53 bits per heavy atom. The Hall–Kier alpha value is -2.11. The topological polar surface area (TPSA) is 96.5 Å². The molecule has 0 radical (unpaired) electrons. The number of primary amides is 1. The van der Waals surface area contributed by atoms with Crippen molar-refractivity contribution in [3.8, 4) is 0 Å². The molecule has 0 aliphatic heterocycles. The number of pyridine rings is 1. The molecule has 0 aromatic carbocycles. The van der Waals surface area contributed by atoms with Gasteiger partial charge in [0.15, 0.2) is 0 Å². The van der Waals surface area contributed by atoms with E-state index in [1.165, 1.54) is 6.07 Å². The minimum atomic E-state index is -0.940. The fourth-order valence-corrected chi connectivity index (χ4v) is 1.80. The minimum Gasteiger partial charge on any atom is -0.480 e. The van der Waals surface area contributed by atoms with E-state index in [4.69, 9.17) is 10.8 Å². The quantitative estimate of drug-likeness (QED) is 0.801. The zero-order chi connectivity index (χ0) is 14.6. The van der Waals surface area contributed by atoms with Crippen molar-refractivity contribution < 1.29 is 14.7 Å². The Morgan fingerprint density at radius 2 is 2.05 bits per heavy atom. The molecule has 0 atom stereocenters. The SMILES string of the molecule is Cc1cc(C(N)=O)cc(N(CC(=O)O)CC(C)C)n1. The summed E-state index contributed by atoms with van der Waals surface area (Å²) in [7, 11) is 0. The molecule has 1 aromatic heterocycles. The average molecular weight is 265 g/mol. The molecule has 1 rings (SSSR count). The molecule has 0 unspecified atom stereocenters. The Kier molecular flexibility index (Phi) is 4.86. The highest BCUT2D eigenvalue weighted by atomic mass is 16.4. The molecule has 0 saturated carbocycles. The van der Waals surface area contributed by atoms with Gasteiger partial charge in [-0.1, -0.05) is 13.8 Å². The molecule has 0 aliphatic carbocycles. The van der Waals surface area contributed by atoms with Crippen molar-refractivity contribution in [2.45, 2.75) is 20.8 Å². The number of carbonyl (C=O) groups is 2. The van der Waals surface area contributed by atoms with E-state index in [0.29, 0.717) is 23.6 Å². The van der Waals surface area contributed by atoms with Crippen molar-refractivity contribution in [2.24, 2.45) is 11.7 Å². The van der Waals surface area contributed by atoms with Gasteiger partial charge in [0.05, 0.1) is 0 Å². The largest absolute Gasteiger partial charge is 0.480 e. The molecule has 1 amide bonds. The van der Waals surface area contributed by atoms with Crippen LogP contribution in [0.3, 0.4) is 0 Å². The number of carboxylic acid groups (broad SMARTS) is 1. The van der Waals surface area contributed by atoms with E-state index in [0.717, 1.165) is 0 Å². The Morgan fingerprint density at radius 1 is 1.42 bits per heavy atom. The highest BCUT2D eigenvalue weighted by molar-refractivity contribution is 5.93. The number of amides is 1. The third-order valence-corrected chi connectivity index (χ3v) is 2.46. The number of hydrogen-bond acceptors (Lipinski definition) is 4. The number of carbonyl (C=O) groups excluding carboxylic acids is 1. The second kappa shape index (κ2) is 6.17. The molecule has 0 aliphatic rings. The first-order valence-electron chi connectivity index (χ1n) is 6.05. The lowest BCUT2D eigenvalue weighted by Gasteiger charge is -2.24. The van der Waals surface area contributed by atoms with Crippen LogP contribution in [0.5, 0.6) is 0 Å². The molecule has 1 aromatic rings. The maximum Gasteiger partial charge on any atom is 0.323 e. The van der Waals surface area contributed by atoms with Gasteiger partial charge in [0.1, 0.15) is 12.4 Å². The predicted molar refractivity (Wildman–Crippen MR) is 72.2 cm³/mol. The predicted octanol–water partition coefficient (Wildman–Crippen LogP) is 1.04. The molecule has 0 spiro atoms. The summed E-state index contributed by atoms with van der Waals surface area (Å²) in [5.41, 5.74) is 6.22. The van der Waals surface area contributed by atoms with Gasteiger partial charge in [-0.05, 0) is 25.0 Å². The fraction of sp³-hybridized carbons (Fsp3) is 0.462. The van der Waals surface area contributed by atoms with Gasteiger partial charge < -0.3 is 15.7 Å². The second-order valence-corrected chi connectivity index (χ2v) is 4.89. The lowest BCUT2D eigenvalue weighted by atomic mass is 10.1. The maximum absolute atomic E-state index is 11.2. The van der Waals surface area contributed by atoms with E-state index in [1.54, 1.807) is 17.9 Å². The molecule has 6 nitrogen and oxygen atoms in total. The first kappa shape index (κ1) is 14.9. The molecular weight excluding hydrogens is 246 g/mol. The third kappa shape index (κ3) is 4.57. The Labute approximate surface area is 112 Å².